The first-order chi connectivity index (χ1) is 7.04. The number of hydrogen-bond donors (Lipinski definition) is 2. The maximum absolute atomic E-state index is 11.0. The van der Waals surface area contributed by atoms with E-state index < -0.39 is 11.7 Å². The van der Waals surface area contributed by atoms with Crippen molar-refractivity contribution in [1.29, 1.82) is 0 Å². The fourth-order valence-corrected chi connectivity index (χ4v) is 1.03. The van der Waals surface area contributed by atoms with Crippen LogP contribution in [-0.2, 0) is 4.79 Å². The largest absolute Gasteiger partial charge is 1.00 e. The standard InChI is InChI=1S/C10H11NO4.Na/c1-2-9(13)11-6-3-4-7(10(14)15)8(12)5-6;/h3-5,12H,2H2,1H3,(H,11,13)(H,14,15);/q;+1/p-1. The minimum Gasteiger partial charge on any atom is -0.545 e. The number of aromatic hydroxyl groups is 1. The van der Waals surface area contributed by atoms with Gasteiger partial charge < -0.3 is 20.3 Å². The van der Waals surface area contributed by atoms with Crippen molar-refractivity contribution in [3.05, 3.63) is 23.8 Å². The molecule has 0 aliphatic rings. The number of benzene rings is 1. The topological polar surface area (TPSA) is 89.5 Å². The second-order valence-electron chi connectivity index (χ2n) is 2.92. The Morgan fingerprint density at radius 2 is 2.06 bits per heavy atom. The van der Waals surface area contributed by atoms with Crippen LogP contribution in [0.4, 0.5) is 5.69 Å². The van der Waals surface area contributed by atoms with Crippen molar-refractivity contribution in [2.75, 3.05) is 5.32 Å². The summed E-state index contributed by atoms with van der Waals surface area (Å²) in [5.74, 6) is -2.10. The normalized spacial score (nSPS) is 9.06. The van der Waals surface area contributed by atoms with Gasteiger partial charge in [0.05, 0.1) is 5.97 Å². The molecule has 0 aliphatic heterocycles. The Balaban J connectivity index is 0.00000225. The number of carboxylic acids is 1. The molecule has 0 unspecified atom stereocenters. The van der Waals surface area contributed by atoms with Crippen molar-refractivity contribution in [1.82, 2.24) is 0 Å². The molecule has 0 bridgehead atoms. The summed E-state index contributed by atoms with van der Waals surface area (Å²) in [5.41, 5.74) is 0.0499. The Hall–Kier alpha value is -1.04. The molecule has 5 nitrogen and oxygen atoms in total. The van der Waals surface area contributed by atoms with Gasteiger partial charge in [-0.2, -0.15) is 0 Å². The fraction of sp³-hybridized carbons (Fsp3) is 0.200. The van der Waals surface area contributed by atoms with Gasteiger partial charge in [-0.15, -0.1) is 0 Å². The van der Waals surface area contributed by atoms with E-state index in [1.54, 1.807) is 6.92 Å². The van der Waals surface area contributed by atoms with Gasteiger partial charge in [0.25, 0.3) is 0 Å². The fourth-order valence-electron chi connectivity index (χ4n) is 1.03. The summed E-state index contributed by atoms with van der Waals surface area (Å²) >= 11 is 0. The molecular weight excluding hydrogens is 221 g/mol. The first-order valence-corrected chi connectivity index (χ1v) is 4.38. The first kappa shape index (κ1) is 15.0. The number of aromatic carboxylic acids is 1. The molecule has 0 atom stereocenters. The van der Waals surface area contributed by atoms with Crippen LogP contribution in [0.2, 0.25) is 0 Å². The molecule has 0 saturated heterocycles. The zero-order valence-corrected chi connectivity index (χ0v) is 11.1. The van der Waals surface area contributed by atoms with Gasteiger partial charge in [-0.05, 0) is 12.1 Å². The molecule has 1 aromatic rings. The summed E-state index contributed by atoms with van der Waals surface area (Å²) in [7, 11) is 0. The van der Waals surface area contributed by atoms with E-state index in [9.17, 15) is 19.8 Å². The summed E-state index contributed by atoms with van der Waals surface area (Å²) in [6.45, 7) is 1.69. The molecule has 6 heteroatoms. The van der Waals surface area contributed by atoms with Crippen LogP contribution in [0.25, 0.3) is 0 Å². The van der Waals surface area contributed by atoms with Crippen molar-refractivity contribution >= 4 is 17.6 Å². The van der Waals surface area contributed by atoms with E-state index in [0.717, 1.165) is 0 Å². The molecule has 0 aromatic heterocycles. The molecule has 0 spiro atoms. The predicted octanol–water partition coefficient (Wildman–Crippen LogP) is -2.89. The molecule has 16 heavy (non-hydrogen) atoms. The minimum absolute atomic E-state index is 0. The van der Waals surface area contributed by atoms with E-state index in [-0.39, 0.29) is 41.0 Å². The van der Waals surface area contributed by atoms with Crippen LogP contribution in [0.5, 0.6) is 5.75 Å². The van der Waals surface area contributed by atoms with Crippen LogP contribution in [-0.4, -0.2) is 17.0 Å². The summed E-state index contributed by atoms with van der Waals surface area (Å²) in [4.78, 5) is 21.4. The number of carbonyl (C=O) groups excluding carboxylic acids is 2. The molecule has 0 aliphatic carbocycles. The van der Waals surface area contributed by atoms with E-state index in [2.05, 4.69) is 5.32 Å². The average Bonchev–Trinajstić information content (AvgIpc) is 2.17. The molecule has 2 N–H and O–H groups in total. The SMILES string of the molecule is CCC(=O)Nc1ccc(C(=O)[O-])c(O)c1.[Na+]. The number of carbonyl (C=O) groups is 2. The quantitative estimate of drug-likeness (QED) is 0.546. The van der Waals surface area contributed by atoms with E-state index >= 15 is 0 Å². The number of amides is 1. The van der Waals surface area contributed by atoms with Gasteiger partial charge in [-0.25, -0.2) is 0 Å². The molecule has 0 fully saturated rings. The van der Waals surface area contributed by atoms with Gasteiger partial charge >= 0.3 is 29.6 Å². The third-order valence-electron chi connectivity index (χ3n) is 1.82. The number of carboxylic acid groups (broad SMARTS) is 1. The molecule has 0 radical (unpaired) electrons. The Kier molecular flexibility index (Phi) is 6.10. The van der Waals surface area contributed by atoms with Crippen LogP contribution in [0, 0.1) is 0 Å². The third-order valence-corrected chi connectivity index (χ3v) is 1.82. The Labute approximate surface area is 115 Å². The van der Waals surface area contributed by atoms with E-state index in [0.29, 0.717) is 12.1 Å². The van der Waals surface area contributed by atoms with Crippen LogP contribution in [0.3, 0.4) is 0 Å². The summed E-state index contributed by atoms with van der Waals surface area (Å²) in [5, 5.41) is 22.2. The van der Waals surface area contributed by atoms with Crippen molar-refractivity contribution in [2.24, 2.45) is 0 Å². The van der Waals surface area contributed by atoms with Crippen LogP contribution in [0.15, 0.2) is 18.2 Å². The van der Waals surface area contributed by atoms with Crippen molar-refractivity contribution in [3.63, 3.8) is 0 Å². The number of anilines is 1. The average molecular weight is 231 g/mol. The van der Waals surface area contributed by atoms with Gasteiger partial charge in [-0.1, -0.05) is 6.92 Å². The van der Waals surface area contributed by atoms with Crippen LogP contribution in [0.1, 0.15) is 23.7 Å². The van der Waals surface area contributed by atoms with E-state index in [4.69, 9.17) is 0 Å². The smallest absolute Gasteiger partial charge is 0.545 e. The first-order valence-electron chi connectivity index (χ1n) is 4.38. The second-order valence-corrected chi connectivity index (χ2v) is 2.92. The summed E-state index contributed by atoms with van der Waals surface area (Å²) in [6, 6.07) is 3.73. The Morgan fingerprint density at radius 1 is 1.44 bits per heavy atom. The number of rotatable bonds is 3. The van der Waals surface area contributed by atoms with Crippen LogP contribution < -0.4 is 40.0 Å². The van der Waals surface area contributed by atoms with E-state index in [1.807, 2.05) is 0 Å². The molecule has 1 rings (SSSR count). The Bertz CT molecular complexity index is 406. The van der Waals surface area contributed by atoms with Crippen molar-refractivity contribution in [3.8, 4) is 5.75 Å². The van der Waals surface area contributed by atoms with E-state index in [1.165, 1.54) is 18.2 Å². The van der Waals surface area contributed by atoms with Gasteiger partial charge in [0.15, 0.2) is 0 Å². The van der Waals surface area contributed by atoms with Crippen LogP contribution >= 0.6 is 0 Å². The predicted molar refractivity (Wildman–Crippen MR) is 51.4 cm³/mol. The molecular formula is C10H10NNaO4. The number of hydrogen-bond acceptors (Lipinski definition) is 4. The number of nitrogens with one attached hydrogen (secondary N) is 1. The van der Waals surface area contributed by atoms with Crippen molar-refractivity contribution in [2.45, 2.75) is 13.3 Å². The van der Waals surface area contributed by atoms with Crippen molar-refractivity contribution < 1.29 is 49.4 Å². The molecule has 80 valence electrons. The zero-order chi connectivity index (χ0) is 11.4. The molecule has 0 saturated carbocycles. The summed E-state index contributed by atoms with van der Waals surface area (Å²) in [6.07, 6.45) is 0.309. The van der Waals surface area contributed by atoms with Gasteiger partial charge in [0.2, 0.25) is 5.91 Å². The van der Waals surface area contributed by atoms with Gasteiger partial charge in [0, 0.05) is 23.7 Å². The second kappa shape index (κ2) is 6.52. The maximum atomic E-state index is 11.0. The Morgan fingerprint density at radius 3 is 2.50 bits per heavy atom. The molecule has 0 heterocycles. The molecule has 1 amide bonds. The summed E-state index contributed by atoms with van der Waals surface area (Å²) < 4.78 is 0. The maximum Gasteiger partial charge on any atom is 1.00 e. The minimum atomic E-state index is -1.46. The van der Waals surface area contributed by atoms with Gasteiger partial charge in [-0.3, -0.25) is 4.79 Å². The van der Waals surface area contributed by atoms with Gasteiger partial charge in [0.1, 0.15) is 5.75 Å². The third kappa shape index (κ3) is 3.84. The molecule has 1 aromatic carbocycles. The number of phenols is 1. The monoisotopic (exact) mass is 231 g/mol. The zero-order valence-electron chi connectivity index (χ0n) is 9.11.